The Bertz CT molecular complexity index is 1910. The fourth-order valence-corrected chi connectivity index (χ4v) is 5.16. The first-order valence-corrected chi connectivity index (χ1v) is 13.5. The molecule has 9 heteroatoms. The number of nitrogens with zero attached hydrogens (tertiary/aromatic N) is 4. The lowest BCUT2D eigenvalue weighted by molar-refractivity contribution is 0.231. The number of ether oxygens (including phenoxy) is 1. The average Bonchev–Trinajstić information content (AvgIpc) is 3.30. The zero-order chi connectivity index (χ0) is 30.1. The molecule has 214 valence electrons. The van der Waals surface area contributed by atoms with E-state index in [1.165, 1.54) is 29.0 Å². The second-order valence-corrected chi connectivity index (χ2v) is 10.2. The summed E-state index contributed by atoms with van der Waals surface area (Å²) in [4.78, 5) is 18.0. The number of fused-ring (bicyclic) bond motifs is 1. The molecular formula is C33H31F2N5O2. The summed E-state index contributed by atoms with van der Waals surface area (Å²) in [5.74, 6) is -0.727. The van der Waals surface area contributed by atoms with Crippen LogP contribution in [0.15, 0.2) is 95.4 Å². The number of amidine groups is 1. The van der Waals surface area contributed by atoms with Crippen molar-refractivity contribution in [3.05, 3.63) is 125 Å². The van der Waals surface area contributed by atoms with Gasteiger partial charge in [0, 0.05) is 22.8 Å². The van der Waals surface area contributed by atoms with Crippen molar-refractivity contribution in [2.75, 3.05) is 0 Å². The Balaban J connectivity index is 1.75. The second kappa shape index (κ2) is 11.4. The van der Waals surface area contributed by atoms with Crippen molar-refractivity contribution in [2.24, 2.45) is 10.7 Å². The summed E-state index contributed by atoms with van der Waals surface area (Å²) < 4.78 is 38.2. The molecule has 0 saturated heterocycles. The first kappa shape index (κ1) is 28.5. The molecule has 0 saturated carbocycles. The second-order valence-electron chi connectivity index (χ2n) is 10.2. The van der Waals surface area contributed by atoms with Gasteiger partial charge in [-0.3, -0.25) is 14.0 Å². The fraction of sp³-hybridized carbons (Fsp3) is 0.182. The van der Waals surface area contributed by atoms with Gasteiger partial charge in [-0.1, -0.05) is 30.8 Å². The Morgan fingerprint density at radius 3 is 2.50 bits per heavy atom. The van der Waals surface area contributed by atoms with Crippen LogP contribution >= 0.6 is 0 Å². The lowest BCUT2D eigenvalue weighted by Crippen LogP contribution is -2.26. The minimum absolute atomic E-state index is 0.128. The van der Waals surface area contributed by atoms with Crippen molar-refractivity contribution in [1.82, 2.24) is 14.3 Å². The number of rotatable bonds is 8. The normalized spacial score (nSPS) is 12.6. The van der Waals surface area contributed by atoms with E-state index in [2.05, 4.69) is 11.6 Å². The van der Waals surface area contributed by atoms with E-state index in [1.54, 1.807) is 41.1 Å². The highest BCUT2D eigenvalue weighted by Crippen LogP contribution is 2.33. The molecule has 0 aliphatic rings. The molecule has 0 bridgehead atoms. The van der Waals surface area contributed by atoms with E-state index < -0.39 is 17.7 Å². The molecule has 0 fully saturated rings. The van der Waals surface area contributed by atoms with E-state index in [-0.39, 0.29) is 23.2 Å². The number of hydrogen-bond donors (Lipinski definition) is 1. The molecule has 0 aliphatic carbocycles. The number of benzene rings is 3. The van der Waals surface area contributed by atoms with Gasteiger partial charge in [0.15, 0.2) is 11.6 Å². The molecule has 5 aromatic rings. The van der Waals surface area contributed by atoms with Crippen LogP contribution in [-0.4, -0.2) is 26.3 Å². The third-order valence-electron chi connectivity index (χ3n) is 7.02. The van der Waals surface area contributed by atoms with Gasteiger partial charge in [0.05, 0.1) is 29.1 Å². The Morgan fingerprint density at radius 2 is 1.81 bits per heavy atom. The summed E-state index contributed by atoms with van der Waals surface area (Å²) >= 11 is 0. The van der Waals surface area contributed by atoms with Crippen molar-refractivity contribution >= 4 is 16.6 Å². The quantitative estimate of drug-likeness (QED) is 0.167. The molecule has 3 aromatic carbocycles. The monoisotopic (exact) mass is 567 g/mol. The van der Waals surface area contributed by atoms with Gasteiger partial charge in [0.1, 0.15) is 17.3 Å². The number of aromatic nitrogens is 3. The average molecular weight is 568 g/mol. The van der Waals surface area contributed by atoms with Gasteiger partial charge < -0.3 is 10.5 Å². The first-order valence-electron chi connectivity index (χ1n) is 13.5. The van der Waals surface area contributed by atoms with E-state index >= 15 is 4.39 Å². The van der Waals surface area contributed by atoms with Crippen LogP contribution in [0.2, 0.25) is 0 Å². The number of halogens is 2. The maximum atomic E-state index is 15.1. The topological polar surface area (TPSA) is 87.4 Å². The molecule has 0 aliphatic heterocycles. The summed E-state index contributed by atoms with van der Waals surface area (Å²) in [7, 11) is 0. The molecule has 1 atom stereocenters. The van der Waals surface area contributed by atoms with E-state index in [1.807, 2.05) is 45.9 Å². The van der Waals surface area contributed by atoms with Crippen molar-refractivity contribution in [3.8, 4) is 22.7 Å². The van der Waals surface area contributed by atoms with Crippen molar-refractivity contribution < 1.29 is 13.5 Å². The molecule has 5 rings (SSSR count). The minimum atomic E-state index is -0.541. The molecular weight excluding hydrogens is 536 g/mol. The highest BCUT2D eigenvalue weighted by molar-refractivity contribution is 6.04. The first-order chi connectivity index (χ1) is 20.1. The van der Waals surface area contributed by atoms with E-state index in [0.717, 1.165) is 5.39 Å². The minimum Gasteiger partial charge on any atom is -0.488 e. The van der Waals surface area contributed by atoms with Gasteiger partial charge in [-0.15, -0.1) is 0 Å². The Hall–Kier alpha value is -5.05. The van der Waals surface area contributed by atoms with Crippen LogP contribution < -0.4 is 16.0 Å². The standard InChI is InChI=1S/C33H31F2N5O2/c1-6-37-32(36)30-21(5)40(38-31(30)23-14-15-29(27(35)16-23)42-19(2)3)20(4)28-17-22-10-7-8-13-26(22)33(41)39(28)25-12-9-11-24(34)18-25/h6-20H,1H2,2-5H3,(H2,36,37). The molecule has 2 aromatic heterocycles. The Morgan fingerprint density at radius 1 is 1.05 bits per heavy atom. The molecule has 0 amide bonds. The van der Waals surface area contributed by atoms with Crippen LogP contribution in [0.5, 0.6) is 5.75 Å². The summed E-state index contributed by atoms with van der Waals surface area (Å²) in [6.45, 7) is 11.0. The van der Waals surface area contributed by atoms with Crippen LogP contribution in [0.3, 0.4) is 0 Å². The van der Waals surface area contributed by atoms with E-state index in [0.29, 0.717) is 39.3 Å². The number of pyridine rings is 1. The molecule has 1 unspecified atom stereocenters. The third kappa shape index (κ3) is 5.21. The van der Waals surface area contributed by atoms with Gasteiger partial charge in [-0.05, 0) is 81.6 Å². The van der Waals surface area contributed by atoms with Crippen LogP contribution in [0, 0.1) is 18.6 Å². The maximum absolute atomic E-state index is 15.1. The molecule has 2 N–H and O–H groups in total. The van der Waals surface area contributed by atoms with E-state index in [4.69, 9.17) is 15.6 Å². The smallest absolute Gasteiger partial charge is 0.263 e. The third-order valence-corrected chi connectivity index (χ3v) is 7.02. The molecule has 7 nitrogen and oxygen atoms in total. The molecule has 2 heterocycles. The summed E-state index contributed by atoms with van der Waals surface area (Å²) in [6.07, 6.45) is 1.13. The van der Waals surface area contributed by atoms with Crippen LogP contribution in [-0.2, 0) is 0 Å². The van der Waals surface area contributed by atoms with Crippen LogP contribution in [0.1, 0.15) is 43.8 Å². The van der Waals surface area contributed by atoms with Gasteiger partial charge in [0.2, 0.25) is 0 Å². The zero-order valence-corrected chi connectivity index (χ0v) is 23.8. The van der Waals surface area contributed by atoms with Gasteiger partial charge in [0.25, 0.3) is 5.56 Å². The SMILES string of the molecule is C=C/N=C(/N)c1c(-c2ccc(OC(C)C)c(F)c2)nn(C(C)c2cc3ccccc3c(=O)n2-c2cccc(F)c2)c1C. The Labute approximate surface area is 242 Å². The maximum Gasteiger partial charge on any atom is 0.263 e. The Kier molecular flexibility index (Phi) is 7.76. The molecule has 0 radical (unpaired) electrons. The predicted molar refractivity (Wildman–Crippen MR) is 162 cm³/mol. The van der Waals surface area contributed by atoms with Crippen molar-refractivity contribution in [3.63, 3.8) is 0 Å². The summed E-state index contributed by atoms with van der Waals surface area (Å²) in [5, 5.41) is 6.11. The van der Waals surface area contributed by atoms with E-state index in [9.17, 15) is 9.18 Å². The zero-order valence-electron chi connectivity index (χ0n) is 23.8. The lowest BCUT2D eigenvalue weighted by atomic mass is 10.0. The predicted octanol–water partition coefficient (Wildman–Crippen LogP) is 6.69. The number of nitrogens with two attached hydrogens (primary N) is 1. The highest BCUT2D eigenvalue weighted by Gasteiger charge is 2.26. The lowest BCUT2D eigenvalue weighted by Gasteiger charge is -2.21. The number of aliphatic imine (C=N–C) groups is 1. The van der Waals surface area contributed by atoms with Crippen molar-refractivity contribution in [2.45, 2.75) is 39.8 Å². The molecule has 0 spiro atoms. The number of hydrogen-bond acceptors (Lipinski definition) is 4. The summed E-state index contributed by atoms with van der Waals surface area (Å²) in [6, 6.07) is 19.1. The highest BCUT2D eigenvalue weighted by atomic mass is 19.1. The van der Waals surface area contributed by atoms with Gasteiger partial charge in [-0.25, -0.2) is 13.8 Å². The van der Waals surface area contributed by atoms with Gasteiger partial charge >= 0.3 is 0 Å². The molecule has 42 heavy (non-hydrogen) atoms. The summed E-state index contributed by atoms with van der Waals surface area (Å²) in [5.41, 5.74) is 9.04. The largest absolute Gasteiger partial charge is 0.488 e. The van der Waals surface area contributed by atoms with Crippen LogP contribution in [0.25, 0.3) is 27.7 Å². The van der Waals surface area contributed by atoms with Gasteiger partial charge in [-0.2, -0.15) is 5.10 Å². The van der Waals surface area contributed by atoms with Crippen LogP contribution in [0.4, 0.5) is 8.78 Å². The van der Waals surface area contributed by atoms with Crippen molar-refractivity contribution in [1.29, 1.82) is 0 Å². The fourth-order valence-electron chi connectivity index (χ4n) is 5.16.